The first kappa shape index (κ1) is 17.4. The number of terminal acetylenes is 1. The van der Waals surface area contributed by atoms with E-state index in [2.05, 4.69) is 17.3 Å². The molecule has 0 fully saturated rings. The minimum Gasteiger partial charge on any atom is -0.410 e. The van der Waals surface area contributed by atoms with E-state index in [0.29, 0.717) is 18.8 Å². The maximum Gasteiger partial charge on any atom is 0.414 e. The average Bonchev–Trinajstić information content (AvgIpc) is 2.88. The number of hydrogen-bond acceptors (Lipinski definition) is 3. The van der Waals surface area contributed by atoms with Crippen LogP contribution in [0.4, 0.5) is 4.79 Å². The molecule has 1 atom stereocenters. The van der Waals surface area contributed by atoms with Crippen LogP contribution in [-0.4, -0.2) is 31.1 Å². The summed E-state index contributed by atoms with van der Waals surface area (Å²) in [5.74, 6) is 3.22. The van der Waals surface area contributed by atoms with Crippen LogP contribution >= 0.6 is 12.4 Å². The zero-order valence-electron chi connectivity index (χ0n) is 12.4. The van der Waals surface area contributed by atoms with E-state index in [0.717, 1.165) is 18.4 Å². The molecule has 0 spiro atoms. The van der Waals surface area contributed by atoms with Crippen LogP contribution in [0, 0.1) is 12.3 Å². The molecule has 1 aliphatic rings. The van der Waals surface area contributed by atoms with Crippen molar-refractivity contribution in [3.63, 3.8) is 0 Å². The first-order valence-corrected chi connectivity index (χ1v) is 6.89. The number of carbonyl (C=O) groups is 1. The highest BCUT2D eigenvalue weighted by atomic mass is 35.5. The summed E-state index contributed by atoms with van der Waals surface area (Å²) in [5.41, 5.74) is 2.30. The number of aryl methyl sites for hydroxylation is 1. The van der Waals surface area contributed by atoms with Crippen molar-refractivity contribution < 1.29 is 9.53 Å². The number of halogens is 1. The topological polar surface area (TPSA) is 41.6 Å². The fraction of sp³-hybridized carbons (Fsp3) is 0.438. The zero-order valence-corrected chi connectivity index (χ0v) is 13.2. The van der Waals surface area contributed by atoms with Crippen LogP contribution in [0.2, 0.25) is 0 Å². The van der Waals surface area contributed by atoms with E-state index in [1.54, 1.807) is 7.05 Å². The number of benzene rings is 1. The lowest BCUT2D eigenvalue weighted by atomic mass is 10.1. The molecule has 0 saturated carbocycles. The molecule has 0 heterocycles. The molecule has 2 rings (SSSR count). The lowest BCUT2D eigenvalue weighted by Gasteiger charge is -2.19. The van der Waals surface area contributed by atoms with Crippen molar-refractivity contribution in [1.29, 1.82) is 0 Å². The number of hydrogen-bond donors (Lipinski definition) is 1. The number of nitrogens with one attached hydrogen (secondary N) is 1. The lowest BCUT2D eigenvalue weighted by Crippen LogP contribution is -2.30. The fourth-order valence-electron chi connectivity index (χ4n) is 2.42. The van der Waals surface area contributed by atoms with E-state index < -0.39 is 0 Å². The maximum absolute atomic E-state index is 11.9. The SMILES string of the molecule is C#CCNC1CCc2cccc(OC(=O)N(C)CC)c21.Cl. The van der Waals surface area contributed by atoms with Crippen molar-refractivity contribution in [2.45, 2.75) is 25.8 Å². The van der Waals surface area contributed by atoms with Gasteiger partial charge in [0.1, 0.15) is 5.75 Å². The van der Waals surface area contributed by atoms with Crippen molar-refractivity contribution in [3.8, 4) is 18.1 Å². The minimum absolute atomic E-state index is 0. The van der Waals surface area contributed by atoms with Crippen molar-refractivity contribution >= 4 is 18.5 Å². The number of rotatable bonds is 4. The van der Waals surface area contributed by atoms with Gasteiger partial charge in [0, 0.05) is 25.2 Å². The van der Waals surface area contributed by atoms with Crippen LogP contribution in [-0.2, 0) is 6.42 Å². The van der Waals surface area contributed by atoms with E-state index in [1.807, 2.05) is 19.1 Å². The Balaban J connectivity index is 0.00000220. The molecule has 1 amide bonds. The average molecular weight is 309 g/mol. The molecular weight excluding hydrogens is 288 g/mol. The van der Waals surface area contributed by atoms with Gasteiger partial charge in [0.25, 0.3) is 0 Å². The third-order valence-electron chi connectivity index (χ3n) is 3.64. The van der Waals surface area contributed by atoms with Gasteiger partial charge >= 0.3 is 6.09 Å². The van der Waals surface area contributed by atoms with Crippen LogP contribution in [0.5, 0.6) is 5.75 Å². The summed E-state index contributed by atoms with van der Waals surface area (Å²) in [6, 6.07) is 6.01. The Morgan fingerprint density at radius 2 is 2.33 bits per heavy atom. The van der Waals surface area contributed by atoms with Crippen molar-refractivity contribution in [2.24, 2.45) is 0 Å². The lowest BCUT2D eigenvalue weighted by molar-refractivity contribution is 0.164. The minimum atomic E-state index is -0.330. The molecule has 0 aromatic heterocycles. The van der Waals surface area contributed by atoms with Gasteiger partial charge < -0.3 is 9.64 Å². The van der Waals surface area contributed by atoms with E-state index in [4.69, 9.17) is 11.2 Å². The molecule has 114 valence electrons. The van der Waals surface area contributed by atoms with Crippen LogP contribution < -0.4 is 10.1 Å². The van der Waals surface area contributed by atoms with E-state index >= 15 is 0 Å². The Kier molecular flexibility index (Phi) is 6.54. The second kappa shape index (κ2) is 7.92. The molecule has 1 aliphatic carbocycles. The summed E-state index contributed by atoms with van der Waals surface area (Å²) in [7, 11) is 1.72. The van der Waals surface area contributed by atoms with Crippen LogP contribution in [0.25, 0.3) is 0 Å². The molecule has 0 saturated heterocycles. The van der Waals surface area contributed by atoms with E-state index in [9.17, 15) is 4.79 Å². The first-order valence-electron chi connectivity index (χ1n) is 6.89. The molecule has 1 aromatic carbocycles. The van der Waals surface area contributed by atoms with Gasteiger partial charge in [-0.15, -0.1) is 18.8 Å². The number of fused-ring (bicyclic) bond motifs is 1. The summed E-state index contributed by atoms with van der Waals surface area (Å²) in [5, 5.41) is 3.30. The summed E-state index contributed by atoms with van der Waals surface area (Å²) < 4.78 is 5.52. The number of nitrogens with zero attached hydrogens (tertiary/aromatic N) is 1. The highest BCUT2D eigenvalue weighted by Gasteiger charge is 2.26. The van der Waals surface area contributed by atoms with Gasteiger partial charge in [0.05, 0.1) is 6.54 Å². The standard InChI is InChI=1S/C16H20N2O2.ClH/c1-4-11-17-13-10-9-12-7-6-8-14(15(12)13)20-16(19)18(3)5-2;/h1,6-8,13,17H,5,9-11H2,2-3H3;1H. The maximum atomic E-state index is 11.9. The zero-order chi connectivity index (χ0) is 14.5. The predicted octanol–water partition coefficient (Wildman–Crippen LogP) is 2.77. The van der Waals surface area contributed by atoms with Crippen molar-refractivity contribution in [1.82, 2.24) is 10.2 Å². The molecule has 0 radical (unpaired) electrons. The fourth-order valence-corrected chi connectivity index (χ4v) is 2.42. The summed E-state index contributed by atoms with van der Waals surface area (Å²) in [6.45, 7) is 3.04. The third-order valence-corrected chi connectivity index (χ3v) is 3.64. The van der Waals surface area contributed by atoms with Gasteiger partial charge in [-0.25, -0.2) is 4.79 Å². The summed E-state index contributed by atoms with van der Waals surface area (Å²) in [4.78, 5) is 13.5. The van der Waals surface area contributed by atoms with E-state index in [1.165, 1.54) is 10.5 Å². The molecule has 1 unspecified atom stereocenters. The van der Waals surface area contributed by atoms with Crippen LogP contribution in [0.3, 0.4) is 0 Å². The molecule has 1 aromatic rings. The molecule has 0 aliphatic heterocycles. The van der Waals surface area contributed by atoms with E-state index in [-0.39, 0.29) is 24.5 Å². The van der Waals surface area contributed by atoms with Gasteiger partial charge in [-0.2, -0.15) is 0 Å². The van der Waals surface area contributed by atoms with Gasteiger partial charge in [-0.1, -0.05) is 18.1 Å². The number of amides is 1. The quantitative estimate of drug-likeness (QED) is 0.870. The molecular formula is C16H21ClN2O2. The monoisotopic (exact) mass is 308 g/mol. The molecule has 21 heavy (non-hydrogen) atoms. The van der Waals surface area contributed by atoms with Gasteiger partial charge in [-0.05, 0) is 31.4 Å². The van der Waals surface area contributed by atoms with Crippen molar-refractivity contribution in [2.75, 3.05) is 20.1 Å². The Morgan fingerprint density at radius 1 is 1.57 bits per heavy atom. The van der Waals surface area contributed by atoms with Gasteiger partial charge in [0.15, 0.2) is 0 Å². The Bertz CT molecular complexity index is 540. The largest absolute Gasteiger partial charge is 0.414 e. The Morgan fingerprint density at radius 3 is 3.00 bits per heavy atom. The third kappa shape index (κ3) is 3.90. The Hall–Kier alpha value is -1.70. The van der Waals surface area contributed by atoms with Crippen LogP contribution in [0.1, 0.15) is 30.5 Å². The van der Waals surface area contributed by atoms with Crippen LogP contribution in [0.15, 0.2) is 18.2 Å². The van der Waals surface area contributed by atoms with Crippen molar-refractivity contribution in [3.05, 3.63) is 29.3 Å². The number of carbonyl (C=O) groups excluding carboxylic acids is 1. The second-order valence-electron chi connectivity index (χ2n) is 4.89. The number of ether oxygens (including phenoxy) is 1. The molecule has 4 nitrogen and oxygen atoms in total. The predicted molar refractivity (Wildman–Crippen MR) is 85.9 cm³/mol. The molecule has 1 N–H and O–H groups in total. The van der Waals surface area contributed by atoms with Gasteiger partial charge in [0.2, 0.25) is 0 Å². The Labute approximate surface area is 132 Å². The summed E-state index contributed by atoms with van der Waals surface area (Å²) >= 11 is 0. The first-order chi connectivity index (χ1) is 9.67. The highest BCUT2D eigenvalue weighted by Crippen LogP contribution is 2.38. The summed E-state index contributed by atoms with van der Waals surface area (Å²) in [6.07, 6.45) is 6.93. The smallest absolute Gasteiger partial charge is 0.410 e. The normalized spacial score (nSPS) is 15.6. The van der Waals surface area contributed by atoms with Gasteiger partial charge in [-0.3, -0.25) is 5.32 Å². The highest BCUT2D eigenvalue weighted by molar-refractivity contribution is 5.85. The molecule has 5 heteroatoms. The molecule has 0 bridgehead atoms. The second-order valence-corrected chi connectivity index (χ2v) is 4.89.